The summed E-state index contributed by atoms with van der Waals surface area (Å²) in [6.07, 6.45) is 1.98. The highest BCUT2D eigenvalue weighted by molar-refractivity contribution is 7.98. The van der Waals surface area contributed by atoms with Crippen LogP contribution in [0.4, 0.5) is 5.95 Å². The molecule has 0 atom stereocenters. The number of thioether (sulfide) groups is 1. The van der Waals surface area contributed by atoms with E-state index in [9.17, 15) is 0 Å². The van der Waals surface area contributed by atoms with Gasteiger partial charge in [-0.2, -0.15) is 14.6 Å². The predicted molar refractivity (Wildman–Crippen MR) is 98.1 cm³/mol. The molecule has 2 heterocycles. The molecule has 1 aromatic carbocycles. The Hall–Kier alpha value is -2.28. The fourth-order valence-corrected chi connectivity index (χ4v) is 2.92. The van der Waals surface area contributed by atoms with Gasteiger partial charge in [-0.1, -0.05) is 11.8 Å². The van der Waals surface area contributed by atoms with Gasteiger partial charge in [0.05, 0.1) is 12.8 Å². The molecule has 3 rings (SSSR count). The number of fused-ring (bicyclic) bond motifs is 1. The van der Waals surface area contributed by atoms with Gasteiger partial charge < -0.3 is 9.64 Å². The lowest BCUT2D eigenvalue weighted by atomic mass is 10.1. The molecule has 0 amide bonds. The number of ether oxygens (including phenoxy) is 1. The summed E-state index contributed by atoms with van der Waals surface area (Å²) >= 11 is 1.54. The van der Waals surface area contributed by atoms with E-state index in [0.717, 1.165) is 46.8 Å². The SMILES string of the molecule is CCN(CC)c1nc(SC)nc2cc(-c3ccc(OC)cc3)nn12. The third-order valence-corrected chi connectivity index (χ3v) is 4.45. The monoisotopic (exact) mass is 343 g/mol. The molecule has 126 valence electrons. The Bertz CT molecular complexity index is 827. The molecule has 0 bridgehead atoms. The molecular formula is C17H21N5OS. The number of anilines is 1. The minimum Gasteiger partial charge on any atom is -0.497 e. The largest absolute Gasteiger partial charge is 0.497 e. The molecule has 7 heteroatoms. The standard InChI is InChI=1S/C17H21N5OS/c1-5-21(6-2)17-19-16(24-4)18-15-11-14(20-22(15)17)12-7-9-13(23-3)10-8-12/h7-11H,5-6H2,1-4H3. The Morgan fingerprint density at radius 1 is 1.12 bits per heavy atom. The van der Waals surface area contributed by atoms with Gasteiger partial charge in [0.25, 0.3) is 0 Å². The second-order valence-electron chi connectivity index (χ2n) is 5.21. The zero-order chi connectivity index (χ0) is 17.1. The van der Waals surface area contributed by atoms with E-state index in [4.69, 9.17) is 9.84 Å². The zero-order valence-corrected chi connectivity index (χ0v) is 15.2. The predicted octanol–water partition coefficient (Wildman–Crippen LogP) is 3.37. The normalized spacial score (nSPS) is 11.0. The second kappa shape index (κ2) is 7.09. The van der Waals surface area contributed by atoms with Crippen molar-refractivity contribution in [2.24, 2.45) is 0 Å². The van der Waals surface area contributed by atoms with Crippen LogP contribution in [0.25, 0.3) is 16.9 Å². The fourth-order valence-electron chi connectivity index (χ4n) is 2.56. The Kier molecular flexibility index (Phi) is 4.89. The lowest BCUT2D eigenvalue weighted by Crippen LogP contribution is -2.26. The first kappa shape index (κ1) is 16.6. The quantitative estimate of drug-likeness (QED) is 0.640. The van der Waals surface area contributed by atoms with Crippen molar-refractivity contribution in [3.05, 3.63) is 30.3 Å². The summed E-state index contributed by atoms with van der Waals surface area (Å²) in [5, 5.41) is 5.49. The van der Waals surface area contributed by atoms with Gasteiger partial charge in [0.2, 0.25) is 5.95 Å². The van der Waals surface area contributed by atoms with Crippen molar-refractivity contribution in [1.29, 1.82) is 0 Å². The van der Waals surface area contributed by atoms with Crippen LogP contribution >= 0.6 is 11.8 Å². The van der Waals surface area contributed by atoms with Gasteiger partial charge in [0.1, 0.15) is 5.75 Å². The highest BCUT2D eigenvalue weighted by Crippen LogP contribution is 2.25. The molecule has 3 aromatic rings. The van der Waals surface area contributed by atoms with Crippen molar-refractivity contribution in [1.82, 2.24) is 19.6 Å². The fraction of sp³-hybridized carbons (Fsp3) is 0.353. The van der Waals surface area contributed by atoms with Crippen LogP contribution in [-0.2, 0) is 0 Å². The van der Waals surface area contributed by atoms with E-state index in [0.29, 0.717) is 0 Å². The number of hydrogen-bond acceptors (Lipinski definition) is 6. The van der Waals surface area contributed by atoms with Crippen LogP contribution < -0.4 is 9.64 Å². The molecule has 0 N–H and O–H groups in total. The molecule has 0 unspecified atom stereocenters. The summed E-state index contributed by atoms with van der Waals surface area (Å²) in [5.41, 5.74) is 2.71. The van der Waals surface area contributed by atoms with Gasteiger partial charge in [0.15, 0.2) is 10.8 Å². The van der Waals surface area contributed by atoms with Crippen LogP contribution in [0.5, 0.6) is 5.75 Å². The molecule has 0 spiro atoms. The van der Waals surface area contributed by atoms with Crippen LogP contribution in [-0.4, -0.2) is 46.0 Å². The third kappa shape index (κ3) is 3.03. The van der Waals surface area contributed by atoms with Crippen molar-refractivity contribution < 1.29 is 4.74 Å². The Labute approximate surface area is 145 Å². The molecular weight excluding hydrogens is 322 g/mol. The first-order chi connectivity index (χ1) is 11.7. The van der Waals surface area contributed by atoms with Crippen LogP contribution in [0.3, 0.4) is 0 Å². The van der Waals surface area contributed by atoms with Gasteiger partial charge in [0, 0.05) is 24.7 Å². The first-order valence-corrected chi connectivity index (χ1v) is 9.13. The van der Waals surface area contributed by atoms with Gasteiger partial charge in [-0.15, -0.1) is 0 Å². The van der Waals surface area contributed by atoms with Crippen molar-refractivity contribution in [3.63, 3.8) is 0 Å². The number of rotatable bonds is 6. The summed E-state index contributed by atoms with van der Waals surface area (Å²) in [5.74, 6) is 1.66. The van der Waals surface area contributed by atoms with Crippen molar-refractivity contribution >= 4 is 23.4 Å². The molecule has 0 aliphatic heterocycles. The molecule has 0 fully saturated rings. The molecule has 0 saturated heterocycles. The summed E-state index contributed by atoms with van der Waals surface area (Å²) < 4.78 is 7.04. The van der Waals surface area contributed by atoms with Crippen molar-refractivity contribution in [2.75, 3.05) is 31.4 Å². The third-order valence-electron chi connectivity index (χ3n) is 3.90. The summed E-state index contributed by atoms with van der Waals surface area (Å²) in [6, 6.07) is 9.87. The lowest BCUT2D eigenvalue weighted by molar-refractivity contribution is 0.415. The minimum atomic E-state index is 0.755. The Morgan fingerprint density at radius 3 is 2.42 bits per heavy atom. The molecule has 0 aliphatic rings. The topological polar surface area (TPSA) is 55.5 Å². The zero-order valence-electron chi connectivity index (χ0n) is 14.4. The summed E-state index contributed by atoms with van der Waals surface area (Å²) in [6.45, 7) is 5.97. The molecule has 0 radical (unpaired) electrons. The van der Waals surface area contributed by atoms with Gasteiger partial charge in [-0.3, -0.25) is 0 Å². The molecule has 0 aliphatic carbocycles. The van der Waals surface area contributed by atoms with Gasteiger partial charge >= 0.3 is 0 Å². The Morgan fingerprint density at radius 2 is 1.83 bits per heavy atom. The maximum atomic E-state index is 5.22. The van der Waals surface area contributed by atoms with Crippen LogP contribution in [0, 0.1) is 0 Å². The number of nitrogens with zero attached hydrogens (tertiary/aromatic N) is 5. The van der Waals surface area contributed by atoms with E-state index >= 15 is 0 Å². The number of aromatic nitrogens is 4. The minimum absolute atomic E-state index is 0.755. The van der Waals surface area contributed by atoms with Gasteiger partial charge in [-0.25, -0.2) is 4.98 Å². The highest BCUT2D eigenvalue weighted by Gasteiger charge is 2.15. The van der Waals surface area contributed by atoms with Crippen molar-refractivity contribution in [3.8, 4) is 17.0 Å². The summed E-state index contributed by atoms with van der Waals surface area (Å²) in [4.78, 5) is 11.4. The molecule has 2 aromatic heterocycles. The van der Waals surface area contributed by atoms with Crippen LogP contribution in [0.2, 0.25) is 0 Å². The lowest BCUT2D eigenvalue weighted by Gasteiger charge is -2.20. The van der Waals surface area contributed by atoms with E-state index in [1.807, 2.05) is 41.1 Å². The number of hydrogen-bond donors (Lipinski definition) is 0. The first-order valence-electron chi connectivity index (χ1n) is 7.91. The molecule has 6 nitrogen and oxygen atoms in total. The smallest absolute Gasteiger partial charge is 0.231 e. The maximum Gasteiger partial charge on any atom is 0.231 e. The van der Waals surface area contributed by atoms with E-state index in [-0.39, 0.29) is 0 Å². The maximum absolute atomic E-state index is 5.22. The Balaban J connectivity index is 2.13. The average Bonchev–Trinajstić information content (AvgIpc) is 3.06. The number of methoxy groups -OCH3 is 1. The average molecular weight is 343 g/mol. The van der Waals surface area contributed by atoms with E-state index in [1.165, 1.54) is 11.8 Å². The number of benzene rings is 1. The van der Waals surface area contributed by atoms with E-state index < -0.39 is 0 Å². The van der Waals surface area contributed by atoms with Crippen molar-refractivity contribution in [2.45, 2.75) is 19.0 Å². The summed E-state index contributed by atoms with van der Waals surface area (Å²) in [7, 11) is 1.66. The van der Waals surface area contributed by atoms with Gasteiger partial charge in [-0.05, 0) is 44.4 Å². The molecule has 0 saturated carbocycles. The highest BCUT2D eigenvalue weighted by atomic mass is 32.2. The van der Waals surface area contributed by atoms with E-state index in [1.54, 1.807) is 7.11 Å². The molecule has 24 heavy (non-hydrogen) atoms. The van der Waals surface area contributed by atoms with Crippen LogP contribution in [0.1, 0.15) is 13.8 Å². The second-order valence-corrected chi connectivity index (χ2v) is 5.98. The van der Waals surface area contributed by atoms with E-state index in [2.05, 4.69) is 28.7 Å². The van der Waals surface area contributed by atoms with Crippen LogP contribution in [0.15, 0.2) is 35.5 Å².